The average Bonchev–Trinajstić information content (AvgIpc) is 3.15. The molecular weight excluding hydrogens is 466 g/mol. The van der Waals surface area contributed by atoms with Gasteiger partial charge in [-0.3, -0.25) is 14.5 Å². The Morgan fingerprint density at radius 3 is 2.43 bits per heavy atom. The number of phenols is 1. The average molecular weight is 486 g/mol. The van der Waals surface area contributed by atoms with Crippen LogP contribution in [0.5, 0.6) is 11.5 Å². The summed E-state index contributed by atoms with van der Waals surface area (Å²) in [6.07, 6.45) is 0. The van der Waals surface area contributed by atoms with Crippen LogP contribution < -0.4 is 9.64 Å². The number of ether oxygens (including phenoxy) is 1. The summed E-state index contributed by atoms with van der Waals surface area (Å²) in [4.78, 5) is 27.9. The number of rotatable bonds is 4. The Labute approximate surface area is 206 Å². The molecule has 4 aromatic rings. The number of amides is 1. The maximum atomic E-state index is 13.3. The van der Waals surface area contributed by atoms with E-state index in [1.165, 1.54) is 24.1 Å². The molecule has 1 atom stereocenters. The van der Waals surface area contributed by atoms with Gasteiger partial charge in [0.1, 0.15) is 17.3 Å². The largest absolute Gasteiger partial charge is 0.507 e. The molecule has 4 aromatic carbocycles. The normalized spacial score (nSPS) is 17.2. The number of carbonyl (C=O) groups excluding carboxylic acids is 2. The molecule has 1 amide bonds. The van der Waals surface area contributed by atoms with Crippen LogP contribution >= 0.6 is 11.6 Å². The maximum absolute atomic E-state index is 13.3. The summed E-state index contributed by atoms with van der Waals surface area (Å²) in [6, 6.07) is 23.2. The fourth-order valence-corrected chi connectivity index (χ4v) is 4.55. The van der Waals surface area contributed by atoms with Crippen molar-refractivity contribution in [1.29, 1.82) is 0 Å². The van der Waals surface area contributed by atoms with E-state index in [-0.39, 0.29) is 22.1 Å². The Morgan fingerprint density at radius 1 is 0.914 bits per heavy atom. The van der Waals surface area contributed by atoms with E-state index in [2.05, 4.69) is 0 Å². The highest BCUT2D eigenvalue weighted by molar-refractivity contribution is 6.51. The quantitative estimate of drug-likeness (QED) is 0.215. The number of aliphatic hydroxyl groups excluding tert-OH is 1. The van der Waals surface area contributed by atoms with E-state index in [4.69, 9.17) is 16.3 Å². The lowest BCUT2D eigenvalue weighted by Gasteiger charge is -2.26. The van der Waals surface area contributed by atoms with Crippen LogP contribution in [0.4, 0.5) is 5.69 Å². The number of nitrogens with zero attached hydrogens (tertiary/aromatic N) is 1. The second-order valence-corrected chi connectivity index (χ2v) is 8.55. The fourth-order valence-electron chi connectivity index (χ4n) is 4.36. The molecule has 1 saturated heterocycles. The number of Topliss-reactive ketones (excluding diaryl/α,β-unsaturated/α-hetero) is 1. The van der Waals surface area contributed by atoms with E-state index in [1.54, 1.807) is 42.5 Å². The molecule has 0 aliphatic carbocycles. The van der Waals surface area contributed by atoms with Crippen LogP contribution in [0.1, 0.15) is 17.2 Å². The molecule has 0 saturated carbocycles. The molecule has 0 spiro atoms. The second kappa shape index (κ2) is 8.81. The van der Waals surface area contributed by atoms with Crippen molar-refractivity contribution >= 4 is 45.5 Å². The minimum atomic E-state index is -0.980. The van der Waals surface area contributed by atoms with Gasteiger partial charge in [0.25, 0.3) is 11.7 Å². The van der Waals surface area contributed by atoms with E-state index in [9.17, 15) is 19.8 Å². The van der Waals surface area contributed by atoms with E-state index in [0.717, 1.165) is 10.8 Å². The number of fused-ring (bicyclic) bond motifs is 1. The van der Waals surface area contributed by atoms with E-state index in [1.807, 2.05) is 30.3 Å². The zero-order valence-electron chi connectivity index (χ0n) is 18.6. The number of benzene rings is 4. The van der Waals surface area contributed by atoms with Crippen LogP contribution in [0.25, 0.3) is 16.5 Å². The first-order valence-corrected chi connectivity index (χ1v) is 11.2. The molecule has 1 aliphatic heterocycles. The number of carbonyl (C=O) groups is 2. The first kappa shape index (κ1) is 22.5. The molecule has 0 radical (unpaired) electrons. The molecule has 35 heavy (non-hydrogen) atoms. The predicted molar refractivity (Wildman–Crippen MR) is 135 cm³/mol. The van der Waals surface area contributed by atoms with Crippen molar-refractivity contribution in [2.75, 3.05) is 12.0 Å². The number of anilines is 1. The third-order valence-corrected chi connectivity index (χ3v) is 6.39. The van der Waals surface area contributed by atoms with Gasteiger partial charge in [-0.05, 0) is 46.7 Å². The Kier molecular flexibility index (Phi) is 5.67. The van der Waals surface area contributed by atoms with Crippen LogP contribution in [0.2, 0.25) is 5.02 Å². The van der Waals surface area contributed by atoms with Crippen molar-refractivity contribution in [3.63, 3.8) is 0 Å². The fraction of sp³-hybridized carbons (Fsp3) is 0.0714. The van der Waals surface area contributed by atoms with Crippen molar-refractivity contribution in [3.8, 4) is 11.5 Å². The lowest BCUT2D eigenvalue weighted by molar-refractivity contribution is -0.132. The van der Waals surface area contributed by atoms with Crippen molar-refractivity contribution in [2.45, 2.75) is 6.04 Å². The molecule has 6 nitrogen and oxygen atoms in total. The minimum Gasteiger partial charge on any atom is -0.507 e. The van der Waals surface area contributed by atoms with E-state index in [0.29, 0.717) is 22.6 Å². The SMILES string of the molecule is COc1cccc(N2C(=O)C(=O)/C(=C(\O)c3ccc4ccccc4c3)C2c2ccc(O)c(Cl)c2)c1. The number of methoxy groups -OCH3 is 1. The van der Waals surface area contributed by atoms with Crippen LogP contribution in [0.3, 0.4) is 0 Å². The number of aromatic hydroxyl groups is 1. The summed E-state index contributed by atoms with van der Waals surface area (Å²) >= 11 is 6.18. The molecule has 0 bridgehead atoms. The number of ketones is 1. The number of halogens is 1. The van der Waals surface area contributed by atoms with Gasteiger partial charge in [-0.2, -0.15) is 0 Å². The van der Waals surface area contributed by atoms with Crippen molar-refractivity contribution in [1.82, 2.24) is 0 Å². The number of aliphatic hydroxyl groups is 1. The van der Waals surface area contributed by atoms with Crippen LogP contribution in [-0.2, 0) is 9.59 Å². The lowest BCUT2D eigenvalue weighted by Crippen LogP contribution is -2.29. The van der Waals surface area contributed by atoms with Gasteiger partial charge >= 0.3 is 0 Å². The van der Waals surface area contributed by atoms with Gasteiger partial charge in [-0.15, -0.1) is 0 Å². The summed E-state index contributed by atoms with van der Waals surface area (Å²) in [6.45, 7) is 0. The van der Waals surface area contributed by atoms with Crippen molar-refractivity contribution in [3.05, 3.63) is 107 Å². The number of hydrogen-bond acceptors (Lipinski definition) is 5. The molecule has 1 unspecified atom stereocenters. The van der Waals surface area contributed by atoms with Crippen LogP contribution in [0.15, 0.2) is 90.5 Å². The molecule has 2 N–H and O–H groups in total. The summed E-state index contributed by atoms with van der Waals surface area (Å²) < 4.78 is 5.30. The van der Waals surface area contributed by atoms with Gasteiger partial charge in [0.15, 0.2) is 0 Å². The Morgan fingerprint density at radius 2 is 1.69 bits per heavy atom. The first-order valence-electron chi connectivity index (χ1n) is 10.8. The Balaban J connectivity index is 1.74. The highest BCUT2D eigenvalue weighted by Gasteiger charge is 2.47. The third kappa shape index (κ3) is 3.88. The first-order chi connectivity index (χ1) is 16.9. The Hall–Kier alpha value is -4.29. The zero-order valence-corrected chi connectivity index (χ0v) is 19.4. The number of hydrogen-bond donors (Lipinski definition) is 2. The Bertz CT molecular complexity index is 1530. The van der Waals surface area contributed by atoms with Gasteiger partial charge in [0.2, 0.25) is 0 Å². The molecule has 7 heteroatoms. The molecule has 1 heterocycles. The van der Waals surface area contributed by atoms with Gasteiger partial charge in [-0.1, -0.05) is 60.1 Å². The third-order valence-electron chi connectivity index (χ3n) is 6.09. The molecule has 0 aromatic heterocycles. The van der Waals surface area contributed by atoms with E-state index < -0.39 is 17.7 Å². The summed E-state index contributed by atoms with van der Waals surface area (Å²) in [5.41, 5.74) is 1.20. The molecule has 5 rings (SSSR count). The predicted octanol–water partition coefficient (Wildman–Crippen LogP) is 5.83. The summed E-state index contributed by atoms with van der Waals surface area (Å²) in [5.74, 6) is -1.55. The molecule has 1 aliphatic rings. The highest BCUT2D eigenvalue weighted by atomic mass is 35.5. The van der Waals surface area contributed by atoms with E-state index >= 15 is 0 Å². The van der Waals surface area contributed by atoms with Gasteiger partial charge in [-0.25, -0.2) is 0 Å². The van der Waals surface area contributed by atoms with Gasteiger partial charge in [0, 0.05) is 17.3 Å². The van der Waals surface area contributed by atoms with Gasteiger partial charge in [0.05, 0.1) is 23.7 Å². The topological polar surface area (TPSA) is 87.1 Å². The highest BCUT2D eigenvalue weighted by Crippen LogP contribution is 2.44. The van der Waals surface area contributed by atoms with Crippen LogP contribution in [-0.4, -0.2) is 29.0 Å². The smallest absolute Gasteiger partial charge is 0.300 e. The molecular formula is C28H20ClNO5. The zero-order chi connectivity index (χ0) is 24.7. The second-order valence-electron chi connectivity index (χ2n) is 8.14. The standard InChI is InChI=1S/C28H20ClNO5/c1-35-21-8-4-7-20(15-21)30-25(18-11-12-23(31)22(29)14-18)24(27(33)28(30)34)26(32)19-10-9-16-5-2-3-6-17(16)13-19/h2-15,25,31-32H,1H3/b26-24-. The lowest BCUT2D eigenvalue weighted by atomic mass is 9.94. The minimum absolute atomic E-state index is 0.0597. The molecule has 174 valence electrons. The molecule has 1 fully saturated rings. The van der Waals surface area contributed by atoms with Crippen molar-refractivity contribution < 1.29 is 24.5 Å². The van der Waals surface area contributed by atoms with Crippen molar-refractivity contribution in [2.24, 2.45) is 0 Å². The maximum Gasteiger partial charge on any atom is 0.300 e. The monoisotopic (exact) mass is 485 g/mol. The summed E-state index contributed by atoms with van der Waals surface area (Å²) in [5, 5.41) is 23.2. The van der Waals surface area contributed by atoms with Crippen LogP contribution in [0, 0.1) is 0 Å². The summed E-state index contributed by atoms with van der Waals surface area (Å²) in [7, 11) is 1.50. The van der Waals surface area contributed by atoms with Gasteiger partial charge < -0.3 is 14.9 Å². The number of phenolic OH excluding ortho intramolecular Hbond substituents is 1.